The molecule has 0 unspecified atom stereocenters. The largest absolute Gasteiger partial charge is 0.260 e. The molecular weight excluding hydrogens is 425 g/mol. The first kappa shape index (κ1) is 21.2. The zero-order valence-corrected chi connectivity index (χ0v) is 17.0. The number of hydrogen-bond acceptors (Lipinski definition) is 5. The summed E-state index contributed by atoms with van der Waals surface area (Å²) in [6, 6.07) is 13.8. The number of nitrogens with one attached hydrogen (secondary N) is 1. The molecule has 0 saturated heterocycles. The van der Waals surface area contributed by atoms with E-state index in [1.165, 1.54) is 19.1 Å². The Bertz CT molecular complexity index is 1120. The third-order valence-corrected chi connectivity index (χ3v) is 5.81. The first-order valence-electron chi connectivity index (χ1n) is 8.05. The van der Waals surface area contributed by atoms with Gasteiger partial charge in [0.05, 0.1) is 11.3 Å². The van der Waals surface area contributed by atoms with Crippen LogP contribution < -0.4 is 9.67 Å². The van der Waals surface area contributed by atoms with Crippen LogP contribution in [-0.4, -0.2) is 38.4 Å². The molecule has 2 aromatic carbocycles. The van der Waals surface area contributed by atoms with Gasteiger partial charge in [-0.05, 0) is 6.92 Å². The number of para-hydroxylation sites is 1. The molecule has 1 aromatic heterocycles. The van der Waals surface area contributed by atoms with Crippen molar-refractivity contribution in [3.05, 3.63) is 59.9 Å². The summed E-state index contributed by atoms with van der Waals surface area (Å²) in [6.45, 7) is 3.08. The number of carbonyl (C=O) groups excluding carboxylic acids is 1. The molecule has 0 saturated carbocycles. The van der Waals surface area contributed by atoms with E-state index in [0.29, 0.717) is 5.56 Å². The topological polar surface area (TPSA) is 144 Å². The second-order valence-electron chi connectivity index (χ2n) is 5.82. The number of hydrogen-bond donors (Lipinski definition) is 4. The molecule has 28 heavy (non-hydrogen) atoms. The van der Waals surface area contributed by atoms with Gasteiger partial charge in [-0.2, -0.15) is 5.26 Å². The number of aromatic hydroxyl groups is 1. The van der Waals surface area contributed by atoms with E-state index in [4.69, 9.17) is 13.5 Å². The molecule has 144 valence electrons. The van der Waals surface area contributed by atoms with Crippen LogP contribution in [0.5, 0.6) is 5.75 Å². The van der Waals surface area contributed by atoms with Crippen LogP contribution in [0, 0.1) is 18.3 Å². The van der Waals surface area contributed by atoms with Crippen molar-refractivity contribution < 1.29 is 21.8 Å². The maximum absolute atomic E-state index is 11.0. The Morgan fingerprint density at radius 2 is 1.86 bits per heavy atom. The standard InChI is InChI=1S/C11H8N2.C8H10AsNO5/c1-8-11(6-12)10-5-3-2-4-9(10)7-13-8;1-5(11)10-7-4-2-3-6(8(7)12)9(13,14)15/h2-5,7H,1H3;2-4,12H,1H3,(H,10,11)(H2,13,14,15). The van der Waals surface area contributed by atoms with E-state index in [9.17, 15) is 13.6 Å². The van der Waals surface area contributed by atoms with Crippen molar-refractivity contribution in [3.63, 3.8) is 0 Å². The number of rotatable bonds is 2. The monoisotopic (exact) mass is 443 g/mol. The van der Waals surface area contributed by atoms with Gasteiger partial charge < -0.3 is 0 Å². The summed E-state index contributed by atoms with van der Waals surface area (Å²) >= 11 is -5.15. The van der Waals surface area contributed by atoms with Gasteiger partial charge in [-0.1, -0.05) is 24.3 Å². The summed E-state index contributed by atoms with van der Waals surface area (Å²) in [7, 11) is 0. The third-order valence-electron chi connectivity index (χ3n) is 3.74. The smallest absolute Gasteiger partial charge is 0.102 e. The van der Waals surface area contributed by atoms with E-state index in [1.54, 1.807) is 6.20 Å². The Labute approximate surface area is 164 Å². The van der Waals surface area contributed by atoms with E-state index in [1.807, 2.05) is 31.2 Å². The molecule has 0 aliphatic carbocycles. The van der Waals surface area contributed by atoms with E-state index >= 15 is 0 Å². The fraction of sp³-hybridized carbons (Fsp3) is 0.105. The van der Waals surface area contributed by atoms with Crippen LogP contribution in [0.15, 0.2) is 48.7 Å². The fourth-order valence-corrected chi connectivity index (χ4v) is 3.88. The van der Waals surface area contributed by atoms with Gasteiger partial charge in [-0.3, -0.25) is 4.98 Å². The maximum Gasteiger partial charge on any atom is 0.102 e. The summed E-state index contributed by atoms with van der Waals surface area (Å²) in [5, 5.41) is 22.7. The maximum atomic E-state index is 11.0. The molecule has 0 fully saturated rings. The summed E-state index contributed by atoms with van der Waals surface area (Å²) in [4.78, 5) is 14.9. The number of fused-ring (bicyclic) bond motifs is 1. The van der Waals surface area contributed by atoms with Gasteiger partial charge in [0.15, 0.2) is 0 Å². The predicted molar refractivity (Wildman–Crippen MR) is 104 cm³/mol. The van der Waals surface area contributed by atoms with Gasteiger partial charge in [0.1, 0.15) is 6.07 Å². The number of phenolic OH excluding ortho intramolecular Hbond substituents is 1. The number of benzene rings is 2. The van der Waals surface area contributed by atoms with E-state index in [-0.39, 0.29) is 5.69 Å². The number of nitrogens with zero attached hydrogens (tertiary/aromatic N) is 2. The summed E-state index contributed by atoms with van der Waals surface area (Å²) < 4.78 is 28.4. The van der Waals surface area contributed by atoms with Crippen LogP contribution in [-0.2, 0) is 8.53 Å². The molecule has 0 atom stereocenters. The molecule has 9 heteroatoms. The van der Waals surface area contributed by atoms with Crippen LogP contribution in [0.2, 0.25) is 0 Å². The molecule has 0 radical (unpaired) electrons. The number of carbonyl (C=O) groups is 1. The Hall–Kier alpha value is -3.11. The van der Waals surface area contributed by atoms with Crippen molar-refractivity contribution in [2.75, 3.05) is 5.32 Å². The Morgan fingerprint density at radius 3 is 2.46 bits per heavy atom. The molecule has 8 nitrogen and oxygen atoms in total. The number of nitriles is 1. The quantitative estimate of drug-likeness (QED) is 0.346. The fourth-order valence-electron chi connectivity index (χ4n) is 2.46. The van der Waals surface area contributed by atoms with Gasteiger partial charge >= 0.3 is 88.1 Å². The van der Waals surface area contributed by atoms with Crippen molar-refractivity contribution in [2.24, 2.45) is 0 Å². The van der Waals surface area contributed by atoms with E-state index in [0.717, 1.165) is 22.5 Å². The Kier molecular flexibility index (Phi) is 6.60. The van der Waals surface area contributed by atoms with Gasteiger partial charge in [-0.25, -0.2) is 0 Å². The average molecular weight is 443 g/mol. The molecule has 0 bridgehead atoms. The van der Waals surface area contributed by atoms with E-state index < -0.39 is 30.2 Å². The van der Waals surface area contributed by atoms with Crippen molar-refractivity contribution in [1.29, 1.82) is 5.26 Å². The van der Waals surface area contributed by atoms with Crippen LogP contribution in [0.1, 0.15) is 18.2 Å². The second kappa shape index (κ2) is 8.72. The van der Waals surface area contributed by atoms with Gasteiger partial charge in [0.25, 0.3) is 0 Å². The first-order valence-corrected chi connectivity index (χ1v) is 11.4. The minimum absolute atomic E-state index is 0.00951. The first-order chi connectivity index (χ1) is 13.1. The van der Waals surface area contributed by atoms with E-state index in [2.05, 4.69) is 16.4 Å². The van der Waals surface area contributed by atoms with Gasteiger partial charge in [-0.15, -0.1) is 0 Å². The molecule has 1 heterocycles. The Morgan fingerprint density at radius 1 is 1.18 bits per heavy atom. The zero-order valence-electron chi connectivity index (χ0n) is 15.1. The summed E-state index contributed by atoms with van der Waals surface area (Å²) in [5.41, 5.74) is 1.46. The third kappa shape index (κ3) is 4.99. The molecule has 0 spiro atoms. The number of phenols is 1. The molecule has 0 aliphatic heterocycles. The number of anilines is 1. The normalized spacial score (nSPS) is 10.5. The number of amides is 1. The molecule has 0 aliphatic rings. The van der Waals surface area contributed by atoms with Crippen LogP contribution >= 0.6 is 0 Å². The van der Waals surface area contributed by atoms with Crippen molar-refractivity contribution >= 4 is 40.9 Å². The second-order valence-corrected chi connectivity index (χ2v) is 9.11. The van der Waals surface area contributed by atoms with Crippen LogP contribution in [0.25, 0.3) is 10.8 Å². The zero-order chi connectivity index (χ0) is 20.9. The van der Waals surface area contributed by atoms with Crippen LogP contribution in [0.3, 0.4) is 0 Å². The molecular formula is C19H18AsN3O5. The van der Waals surface area contributed by atoms with Crippen molar-refractivity contribution in [3.8, 4) is 11.8 Å². The van der Waals surface area contributed by atoms with Gasteiger partial charge in [0, 0.05) is 17.0 Å². The van der Waals surface area contributed by atoms with Gasteiger partial charge in [0.2, 0.25) is 0 Å². The van der Waals surface area contributed by atoms with Crippen molar-refractivity contribution in [1.82, 2.24) is 4.98 Å². The Balaban J connectivity index is 0.000000202. The predicted octanol–water partition coefficient (Wildman–Crippen LogP) is 1.33. The van der Waals surface area contributed by atoms with Crippen LogP contribution in [0.4, 0.5) is 5.69 Å². The SMILES string of the molecule is CC(=O)Nc1cccc([As](=O)(O)O)c1O.Cc1ncc2ccccc2c1C#N. The molecule has 4 N–H and O–H groups in total. The van der Waals surface area contributed by atoms with Crippen molar-refractivity contribution in [2.45, 2.75) is 13.8 Å². The number of aromatic nitrogens is 1. The number of aryl methyl sites for hydroxylation is 1. The number of pyridine rings is 1. The molecule has 1 amide bonds. The molecule has 3 rings (SSSR count). The minimum Gasteiger partial charge on any atom is -0.260 e. The minimum atomic E-state index is -5.15. The summed E-state index contributed by atoms with van der Waals surface area (Å²) in [5.74, 6) is -1.01. The summed E-state index contributed by atoms with van der Waals surface area (Å²) in [6.07, 6.45) is 1.80. The average Bonchev–Trinajstić information content (AvgIpc) is 2.62. The molecule has 3 aromatic rings.